The number of aromatic nitrogens is 1. The summed E-state index contributed by atoms with van der Waals surface area (Å²) < 4.78 is 0. The first kappa shape index (κ1) is 14.7. The summed E-state index contributed by atoms with van der Waals surface area (Å²) in [4.78, 5) is 27.1. The Morgan fingerprint density at radius 2 is 2.05 bits per heavy atom. The minimum atomic E-state index is -0.110. The van der Waals surface area contributed by atoms with Crippen molar-refractivity contribution in [1.29, 1.82) is 0 Å². The summed E-state index contributed by atoms with van der Waals surface area (Å²) in [5.41, 5.74) is 0.780. The van der Waals surface area contributed by atoms with Gasteiger partial charge in [0, 0.05) is 29.4 Å². The van der Waals surface area contributed by atoms with E-state index in [-0.39, 0.29) is 11.8 Å². The number of fused-ring (bicyclic) bond motifs is 1. The number of hydrogen-bond donors (Lipinski definition) is 1. The summed E-state index contributed by atoms with van der Waals surface area (Å²) in [7, 11) is 0. The lowest BCUT2D eigenvalue weighted by molar-refractivity contribution is -0.121. The van der Waals surface area contributed by atoms with Gasteiger partial charge in [-0.15, -0.1) is 4.91 Å². The van der Waals surface area contributed by atoms with Crippen LogP contribution in [0.15, 0.2) is 35.6 Å². The van der Waals surface area contributed by atoms with E-state index in [9.17, 15) is 9.70 Å². The molecule has 0 atom stereocenters. The second-order valence-electron chi connectivity index (χ2n) is 5.33. The molecule has 1 saturated heterocycles. The highest BCUT2D eigenvalue weighted by molar-refractivity contribution is 6.31. The van der Waals surface area contributed by atoms with Crippen LogP contribution in [0.25, 0.3) is 10.9 Å². The summed E-state index contributed by atoms with van der Waals surface area (Å²) in [6.07, 6.45) is 1.25. The molecule has 3 rings (SSSR count). The van der Waals surface area contributed by atoms with Crippen LogP contribution in [0.1, 0.15) is 12.8 Å². The zero-order valence-corrected chi connectivity index (χ0v) is 12.6. The largest absolute Gasteiger partial charge is 0.310 e. The number of nitrogens with zero attached hydrogens (tertiary/aromatic N) is 3. The third-order valence-electron chi connectivity index (χ3n) is 3.86. The minimum Gasteiger partial charge on any atom is -0.310 e. The highest BCUT2D eigenvalue weighted by Gasteiger charge is 2.25. The quantitative estimate of drug-likeness (QED) is 0.882. The highest BCUT2D eigenvalue weighted by Crippen LogP contribution is 2.22. The van der Waals surface area contributed by atoms with Crippen molar-refractivity contribution in [2.24, 2.45) is 11.2 Å². The van der Waals surface area contributed by atoms with Crippen LogP contribution in [-0.2, 0) is 4.79 Å². The first-order valence-corrected chi connectivity index (χ1v) is 7.49. The molecule has 1 aromatic carbocycles. The van der Waals surface area contributed by atoms with Gasteiger partial charge in [0.2, 0.25) is 5.91 Å². The van der Waals surface area contributed by atoms with Gasteiger partial charge in [-0.3, -0.25) is 9.80 Å². The zero-order chi connectivity index (χ0) is 15.5. The van der Waals surface area contributed by atoms with E-state index >= 15 is 0 Å². The van der Waals surface area contributed by atoms with Gasteiger partial charge in [0.05, 0.1) is 10.8 Å². The number of halogens is 1. The van der Waals surface area contributed by atoms with E-state index in [0.29, 0.717) is 36.8 Å². The number of nitroso groups, excluding NO2 is 1. The molecule has 7 heteroatoms. The van der Waals surface area contributed by atoms with E-state index in [4.69, 9.17) is 11.6 Å². The van der Waals surface area contributed by atoms with Crippen molar-refractivity contribution in [3.05, 3.63) is 40.3 Å². The molecular formula is C15H15ClN4O2. The Morgan fingerprint density at radius 1 is 1.27 bits per heavy atom. The maximum absolute atomic E-state index is 12.3. The van der Waals surface area contributed by atoms with E-state index in [1.54, 1.807) is 12.1 Å². The molecule has 0 bridgehead atoms. The molecule has 1 aliphatic heterocycles. The van der Waals surface area contributed by atoms with Crippen molar-refractivity contribution >= 4 is 34.2 Å². The monoisotopic (exact) mass is 318 g/mol. The predicted octanol–water partition coefficient (Wildman–Crippen LogP) is 3.22. The van der Waals surface area contributed by atoms with Gasteiger partial charge in [0.15, 0.2) is 0 Å². The molecule has 0 radical (unpaired) electrons. The molecule has 6 nitrogen and oxygen atoms in total. The molecule has 1 amide bonds. The van der Waals surface area contributed by atoms with Crippen molar-refractivity contribution < 1.29 is 4.79 Å². The molecule has 114 valence electrons. The Balaban J connectivity index is 1.69. The van der Waals surface area contributed by atoms with E-state index in [0.717, 1.165) is 10.9 Å². The average Bonchev–Trinajstić information content (AvgIpc) is 2.55. The fourth-order valence-corrected chi connectivity index (χ4v) is 2.78. The number of nitrogens with one attached hydrogen (secondary N) is 1. The lowest BCUT2D eigenvalue weighted by Crippen LogP contribution is -2.35. The number of carbonyl (C=O) groups is 1. The van der Waals surface area contributed by atoms with Gasteiger partial charge >= 0.3 is 0 Å². The Morgan fingerprint density at radius 3 is 2.77 bits per heavy atom. The molecule has 0 aliphatic carbocycles. The number of carbonyl (C=O) groups excluding carboxylic acids is 1. The maximum Gasteiger partial charge on any atom is 0.228 e. The number of rotatable bonds is 3. The van der Waals surface area contributed by atoms with Crippen molar-refractivity contribution in [2.75, 3.05) is 18.4 Å². The molecule has 0 spiro atoms. The topological polar surface area (TPSA) is 74.7 Å². The van der Waals surface area contributed by atoms with Crippen LogP contribution < -0.4 is 5.32 Å². The number of benzene rings is 1. The third kappa shape index (κ3) is 3.17. The third-order valence-corrected chi connectivity index (χ3v) is 4.10. The lowest BCUT2D eigenvalue weighted by atomic mass is 9.97. The zero-order valence-electron chi connectivity index (χ0n) is 11.8. The first-order valence-electron chi connectivity index (χ1n) is 7.11. The Hall–Kier alpha value is -2.21. The molecular weight excluding hydrogens is 304 g/mol. The standard InChI is InChI=1S/C15H15ClN4O2/c16-12-2-3-13-11(9-12)1-4-14(17-13)18-15(21)10-5-7-20(19-22)8-6-10/h1-4,9-10H,5-8H2,(H,17,18,21). The number of piperidine rings is 1. The minimum absolute atomic E-state index is 0.0636. The van der Waals surface area contributed by atoms with Gasteiger partial charge < -0.3 is 5.32 Å². The molecule has 0 unspecified atom stereocenters. The predicted molar refractivity (Wildman–Crippen MR) is 85.5 cm³/mol. The molecule has 0 saturated carbocycles. The van der Waals surface area contributed by atoms with Crippen LogP contribution >= 0.6 is 11.6 Å². The Bertz CT molecular complexity index is 714. The highest BCUT2D eigenvalue weighted by atomic mass is 35.5. The molecule has 1 aromatic heterocycles. The molecule has 1 fully saturated rings. The number of pyridine rings is 1. The van der Waals surface area contributed by atoms with Crippen LogP contribution in [0.3, 0.4) is 0 Å². The Kier molecular flexibility index (Phi) is 4.20. The van der Waals surface area contributed by atoms with Crippen LogP contribution in [0, 0.1) is 10.8 Å². The second-order valence-corrected chi connectivity index (χ2v) is 5.77. The molecule has 2 aromatic rings. The summed E-state index contributed by atoms with van der Waals surface area (Å²) in [5, 5.41) is 8.76. The van der Waals surface area contributed by atoms with Crippen LogP contribution in [0.2, 0.25) is 5.02 Å². The first-order chi connectivity index (χ1) is 10.7. The number of anilines is 1. The second kappa shape index (κ2) is 6.27. The fraction of sp³-hybridized carbons (Fsp3) is 0.333. The van der Waals surface area contributed by atoms with Crippen LogP contribution in [-0.4, -0.2) is 29.0 Å². The van der Waals surface area contributed by atoms with Crippen molar-refractivity contribution in [3.8, 4) is 0 Å². The summed E-state index contributed by atoms with van der Waals surface area (Å²) in [6.45, 7) is 1.04. The molecule has 2 heterocycles. The van der Waals surface area contributed by atoms with Crippen LogP contribution in [0.5, 0.6) is 0 Å². The van der Waals surface area contributed by atoms with Gasteiger partial charge in [-0.1, -0.05) is 11.6 Å². The van der Waals surface area contributed by atoms with Gasteiger partial charge in [0.1, 0.15) is 5.82 Å². The number of hydrogen-bond acceptors (Lipinski definition) is 4. The molecule has 22 heavy (non-hydrogen) atoms. The number of amides is 1. The smallest absolute Gasteiger partial charge is 0.228 e. The van der Waals surface area contributed by atoms with Crippen molar-refractivity contribution in [3.63, 3.8) is 0 Å². The average molecular weight is 319 g/mol. The van der Waals surface area contributed by atoms with Gasteiger partial charge in [-0.2, -0.15) is 0 Å². The van der Waals surface area contributed by atoms with Crippen molar-refractivity contribution in [2.45, 2.75) is 12.8 Å². The normalized spacial score (nSPS) is 15.8. The maximum atomic E-state index is 12.3. The molecule has 1 aliphatic rings. The summed E-state index contributed by atoms with van der Waals surface area (Å²) in [5.74, 6) is 0.350. The van der Waals surface area contributed by atoms with E-state index in [1.165, 1.54) is 5.01 Å². The lowest BCUT2D eigenvalue weighted by Gasteiger charge is -2.26. The van der Waals surface area contributed by atoms with Crippen molar-refractivity contribution in [1.82, 2.24) is 9.99 Å². The van der Waals surface area contributed by atoms with Gasteiger partial charge in [-0.25, -0.2) is 4.98 Å². The fourth-order valence-electron chi connectivity index (χ4n) is 2.60. The summed E-state index contributed by atoms with van der Waals surface area (Å²) >= 11 is 5.94. The van der Waals surface area contributed by atoms with E-state index in [2.05, 4.69) is 15.6 Å². The van der Waals surface area contributed by atoms with Gasteiger partial charge in [-0.05, 0) is 43.2 Å². The summed E-state index contributed by atoms with van der Waals surface area (Å²) in [6, 6.07) is 9.06. The molecule has 1 N–H and O–H groups in total. The SMILES string of the molecule is O=NN1CCC(C(=O)Nc2ccc3cc(Cl)ccc3n2)CC1. The van der Waals surface area contributed by atoms with E-state index < -0.39 is 0 Å². The van der Waals surface area contributed by atoms with Gasteiger partial charge in [0.25, 0.3) is 0 Å². The van der Waals surface area contributed by atoms with Crippen LogP contribution in [0.4, 0.5) is 5.82 Å². The Labute approximate surface area is 132 Å². The van der Waals surface area contributed by atoms with E-state index in [1.807, 2.05) is 18.2 Å².